The molecular weight excluding hydrogens is 238 g/mol. The number of rotatable bonds is 3. The van der Waals surface area contributed by atoms with Crippen molar-refractivity contribution in [3.8, 4) is 11.8 Å². The predicted octanol–water partition coefficient (Wildman–Crippen LogP) is 2.52. The van der Waals surface area contributed by atoms with Gasteiger partial charge in [0.05, 0.1) is 24.0 Å². The summed E-state index contributed by atoms with van der Waals surface area (Å²) in [5.41, 5.74) is 1.34. The van der Waals surface area contributed by atoms with Crippen molar-refractivity contribution in [3.05, 3.63) is 46.7 Å². The van der Waals surface area contributed by atoms with E-state index >= 15 is 0 Å². The van der Waals surface area contributed by atoms with Crippen LogP contribution >= 0.6 is 11.6 Å². The summed E-state index contributed by atoms with van der Waals surface area (Å²) in [6.07, 6.45) is 3.39. The first-order valence-corrected chi connectivity index (χ1v) is 5.37. The molecule has 1 aromatic carbocycles. The zero-order valence-corrected chi connectivity index (χ0v) is 9.98. The number of aryl methyl sites for hydroxylation is 1. The Kier molecular flexibility index (Phi) is 3.31. The Labute approximate surface area is 104 Å². The van der Waals surface area contributed by atoms with Crippen molar-refractivity contribution >= 4 is 11.6 Å². The van der Waals surface area contributed by atoms with Gasteiger partial charge in [0.25, 0.3) is 0 Å². The molecule has 0 atom stereocenters. The third-order valence-corrected chi connectivity index (χ3v) is 2.50. The van der Waals surface area contributed by atoms with Gasteiger partial charge >= 0.3 is 0 Å². The number of nitriles is 1. The van der Waals surface area contributed by atoms with E-state index < -0.39 is 0 Å². The molecule has 0 fully saturated rings. The third kappa shape index (κ3) is 2.77. The van der Waals surface area contributed by atoms with Crippen LogP contribution in [0.2, 0.25) is 5.02 Å². The summed E-state index contributed by atoms with van der Waals surface area (Å²) in [6.45, 7) is 0.325. The van der Waals surface area contributed by atoms with E-state index in [1.54, 1.807) is 35.3 Å². The summed E-state index contributed by atoms with van der Waals surface area (Å²) in [5, 5.41) is 13.5. The largest absolute Gasteiger partial charge is 0.486 e. The van der Waals surface area contributed by atoms with Gasteiger partial charge in [-0.25, -0.2) is 0 Å². The van der Waals surface area contributed by atoms with E-state index in [1.807, 2.05) is 7.05 Å². The molecule has 2 aromatic rings. The van der Waals surface area contributed by atoms with Gasteiger partial charge in [-0.2, -0.15) is 10.4 Å². The monoisotopic (exact) mass is 247 g/mol. The van der Waals surface area contributed by atoms with Crippen molar-refractivity contribution in [1.82, 2.24) is 9.78 Å². The Morgan fingerprint density at radius 3 is 3.00 bits per heavy atom. The van der Waals surface area contributed by atoms with Gasteiger partial charge in [-0.05, 0) is 12.1 Å². The maximum absolute atomic E-state index is 8.96. The van der Waals surface area contributed by atoms with Crippen LogP contribution in [0.5, 0.6) is 5.75 Å². The van der Waals surface area contributed by atoms with Crippen molar-refractivity contribution in [3.63, 3.8) is 0 Å². The van der Waals surface area contributed by atoms with Crippen molar-refractivity contribution < 1.29 is 4.74 Å². The molecule has 1 aromatic heterocycles. The number of aromatic nitrogens is 2. The Morgan fingerprint density at radius 2 is 2.35 bits per heavy atom. The van der Waals surface area contributed by atoms with Gasteiger partial charge in [0.2, 0.25) is 0 Å². The second-order valence-electron chi connectivity index (χ2n) is 3.55. The topological polar surface area (TPSA) is 50.8 Å². The Morgan fingerprint density at radius 1 is 1.53 bits per heavy atom. The fourth-order valence-electron chi connectivity index (χ4n) is 1.41. The molecule has 5 heteroatoms. The minimum absolute atomic E-state index is 0.325. The molecule has 0 unspecified atom stereocenters. The molecule has 0 saturated carbocycles. The highest BCUT2D eigenvalue weighted by Crippen LogP contribution is 2.17. The lowest BCUT2D eigenvalue weighted by molar-refractivity contribution is 0.305. The smallest absolute Gasteiger partial charge is 0.157 e. The molecule has 86 valence electrons. The Hall–Kier alpha value is -1.99. The van der Waals surface area contributed by atoms with Crippen LogP contribution < -0.4 is 4.74 Å². The van der Waals surface area contributed by atoms with E-state index in [0.717, 1.165) is 5.56 Å². The summed E-state index contributed by atoms with van der Waals surface area (Å²) in [6, 6.07) is 7.25. The summed E-state index contributed by atoms with van der Waals surface area (Å²) >= 11 is 5.81. The lowest BCUT2D eigenvalue weighted by Crippen LogP contribution is -1.97. The van der Waals surface area contributed by atoms with Crippen LogP contribution in [-0.2, 0) is 13.7 Å². The quantitative estimate of drug-likeness (QED) is 0.838. The van der Waals surface area contributed by atoms with E-state index in [4.69, 9.17) is 21.6 Å². The van der Waals surface area contributed by atoms with Gasteiger partial charge in [-0.1, -0.05) is 17.7 Å². The van der Waals surface area contributed by atoms with Gasteiger partial charge in [-0.15, -0.1) is 0 Å². The van der Waals surface area contributed by atoms with Crippen molar-refractivity contribution in [2.75, 3.05) is 0 Å². The maximum atomic E-state index is 8.96. The van der Waals surface area contributed by atoms with Gasteiger partial charge in [0, 0.05) is 17.6 Å². The second-order valence-corrected chi connectivity index (χ2v) is 3.99. The maximum Gasteiger partial charge on any atom is 0.157 e. The molecule has 0 N–H and O–H groups in total. The van der Waals surface area contributed by atoms with E-state index in [1.165, 1.54) is 0 Å². The Balaban J connectivity index is 2.12. The fraction of sp³-hybridized carbons (Fsp3) is 0.167. The normalized spacial score (nSPS) is 9.94. The van der Waals surface area contributed by atoms with Crippen LogP contribution in [0.4, 0.5) is 0 Å². The van der Waals surface area contributed by atoms with E-state index in [2.05, 4.69) is 11.2 Å². The predicted molar refractivity (Wildman–Crippen MR) is 63.7 cm³/mol. The molecule has 0 aliphatic heterocycles. The first-order chi connectivity index (χ1) is 8.19. The molecular formula is C12H10ClN3O. The first-order valence-electron chi connectivity index (χ1n) is 4.99. The van der Waals surface area contributed by atoms with Crippen LogP contribution in [0.25, 0.3) is 0 Å². The zero-order chi connectivity index (χ0) is 12.3. The standard InChI is InChI=1S/C12H10ClN3O/c1-16-7-12(6-15-16)17-8-9-2-3-11(13)4-10(9)5-14/h2-4,6-7H,8H2,1H3. The molecule has 0 saturated heterocycles. The van der Waals surface area contributed by atoms with Crippen molar-refractivity contribution in [1.29, 1.82) is 5.26 Å². The summed E-state index contributed by atoms with van der Waals surface area (Å²) in [4.78, 5) is 0. The average Bonchev–Trinajstić information content (AvgIpc) is 2.73. The van der Waals surface area contributed by atoms with Crippen LogP contribution in [0.3, 0.4) is 0 Å². The molecule has 1 heterocycles. The van der Waals surface area contributed by atoms with Crippen LogP contribution in [0.1, 0.15) is 11.1 Å². The average molecular weight is 248 g/mol. The number of hydrogen-bond donors (Lipinski definition) is 0. The van der Waals surface area contributed by atoms with Crippen molar-refractivity contribution in [2.45, 2.75) is 6.61 Å². The zero-order valence-electron chi connectivity index (χ0n) is 9.22. The molecule has 0 amide bonds. The summed E-state index contributed by atoms with van der Waals surface area (Å²) < 4.78 is 7.17. The summed E-state index contributed by atoms with van der Waals surface area (Å²) in [7, 11) is 1.82. The molecule has 17 heavy (non-hydrogen) atoms. The minimum Gasteiger partial charge on any atom is -0.486 e. The highest BCUT2D eigenvalue weighted by Gasteiger charge is 2.04. The van der Waals surface area contributed by atoms with E-state index in [9.17, 15) is 0 Å². The van der Waals surface area contributed by atoms with Crippen LogP contribution in [-0.4, -0.2) is 9.78 Å². The van der Waals surface area contributed by atoms with Gasteiger partial charge < -0.3 is 4.74 Å². The van der Waals surface area contributed by atoms with Gasteiger partial charge in [-0.3, -0.25) is 4.68 Å². The molecule has 2 rings (SSSR count). The molecule has 0 radical (unpaired) electrons. The number of benzene rings is 1. The molecule has 0 aliphatic rings. The second kappa shape index (κ2) is 4.89. The minimum atomic E-state index is 0.325. The highest BCUT2D eigenvalue weighted by molar-refractivity contribution is 6.30. The molecule has 0 spiro atoms. The highest BCUT2D eigenvalue weighted by atomic mass is 35.5. The number of halogens is 1. The molecule has 4 nitrogen and oxygen atoms in total. The Bertz CT molecular complexity index is 571. The van der Waals surface area contributed by atoms with Gasteiger partial charge in [0.15, 0.2) is 5.75 Å². The SMILES string of the molecule is Cn1cc(OCc2ccc(Cl)cc2C#N)cn1. The van der Waals surface area contributed by atoms with Crippen LogP contribution in [0, 0.1) is 11.3 Å². The van der Waals surface area contributed by atoms with E-state index in [-0.39, 0.29) is 0 Å². The van der Waals surface area contributed by atoms with Gasteiger partial charge in [0.1, 0.15) is 6.61 Å². The third-order valence-electron chi connectivity index (χ3n) is 2.27. The van der Waals surface area contributed by atoms with Crippen molar-refractivity contribution in [2.24, 2.45) is 7.05 Å². The molecule has 0 bridgehead atoms. The number of hydrogen-bond acceptors (Lipinski definition) is 3. The lowest BCUT2D eigenvalue weighted by atomic mass is 10.1. The number of ether oxygens (including phenoxy) is 1. The first kappa shape index (κ1) is 11.5. The van der Waals surface area contributed by atoms with E-state index in [0.29, 0.717) is 22.9 Å². The lowest BCUT2D eigenvalue weighted by Gasteiger charge is -2.05. The summed E-state index contributed by atoms with van der Waals surface area (Å²) in [5.74, 6) is 0.673. The number of nitrogens with zero attached hydrogens (tertiary/aromatic N) is 3. The molecule has 0 aliphatic carbocycles. The van der Waals surface area contributed by atoms with Crippen LogP contribution in [0.15, 0.2) is 30.6 Å². The fourth-order valence-corrected chi connectivity index (χ4v) is 1.59.